The second kappa shape index (κ2) is 10.5. The number of amides is 1. The monoisotopic (exact) mass is 463 g/mol. The number of hydrogen-bond donors (Lipinski definition) is 2. The summed E-state index contributed by atoms with van der Waals surface area (Å²) >= 11 is 0. The number of benzene rings is 3. The molecule has 0 heterocycles. The number of nitrogens with zero attached hydrogens (tertiary/aromatic N) is 2. The molecule has 1 amide bonds. The molecular weight excluding hydrogens is 438 g/mol. The van der Waals surface area contributed by atoms with Gasteiger partial charge in [-0.3, -0.25) is 14.9 Å². The van der Waals surface area contributed by atoms with Crippen molar-refractivity contribution < 1.29 is 24.3 Å². The minimum absolute atomic E-state index is 0.0794. The lowest BCUT2D eigenvalue weighted by atomic mass is 9.78. The molecule has 0 atom stereocenters. The van der Waals surface area contributed by atoms with Crippen LogP contribution in [0.15, 0.2) is 71.8 Å². The van der Waals surface area contributed by atoms with Crippen LogP contribution in [0.3, 0.4) is 0 Å². The maximum absolute atomic E-state index is 12.0. The molecule has 0 saturated carbocycles. The molecule has 0 bridgehead atoms. The molecule has 9 heteroatoms. The zero-order valence-corrected chi connectivity index (χ0v) is 19.0. The first kappa shape index (κ1) is 24.2. The van der Waals surface area contributed by atoms with Crippen molar-refractivity contribution in [3.8, 4) is 17.2 Å². The van der Waals surface area contributed by atoms with Crippen molar-refractivity contribution in [3.05, 3.63) is 93.5 Å². The predicted octanol–water partition coefficient (Wildman–Crippen LogP) is 4.16. The Kier molecular flexibility index (Phi) is 7.47. The van der Waals surface area contributed by atoms with E-state index in [2.05, 4.69) is 36.5 Å². The van der Waals surface area contributed by atoms with Crippen LogP contribution in [-0.4, -0.2) is 35.9 Å². The van der Waals surface area contributed by atoms with Crippen LogP contribution in [0.2, 0.25) is 0 Å². The number of rotatable bonds is 9. The summed E-state index contributed by atoms with van der Waals surface area (Å²) in [6.45, 7) is 4.02. The molecule has 0 aliphatic carbocycles. The second-order valence-corrected chi connectivity index (χ2v) is 7.95. The molecule has 3 aromatic rings. The van der Waals surface area contributed by atoms with E-state index in [0.717, 1.165) is 11.6 Å². The van der Waals surface area contributed by atoms with Crippen molar-refractivity contribution in [2.75, 3.05) is 13.7 Å². The maximum Gasteiger partial charge on any atom is 0.315 e. The molecule has 0 aliphatic rings. The lowest BCUT2D eigenvalue weighted by Gasteiger charge is -2.26. The van der Waals surface area contributed by atoms with Gasteiger partial charge in [0.15, 0.2) is 12.4 Å². The van der Waals surface area contributed by atoms with Gasteiger partial charge in [-0.2, -0.15) is 5.10 Å². The average molecular weight is 463 g/mol. The van der Waals surface area contributed by atoms with E-state index < -0.39 is 22.3 Å². The van der Waals surface area contributed by atoms with Gasteiger partial charge in [-0.25, -0.2) is 5.43 Å². The van der Waals surface area contributed by atoms with Gasteiger partial charge in [-0.1, -0.05) is 56.3 Å². The summed E-state index contributed by atoms with van der Waals surface area (Å²) in [4.78, 5) is 22.4. The number of aromatic hydroxyl groups is 1. The van der Waals surface area contributed by atoms with Gasteiger partial charge < -0.3 is 14.6 Å². The molecule has 0 aliphatic heterocycles. The van der Waals surface area contributed by atoms with Gasteiger partial charge in [-0.15, -0.1) is 0 Å². The molecule has 0 saturated heterocycles. The summed E-state index contributed by atoms with van der Waals surface area (Å²) in [6, 6.07) is 20.2. The van der Waals surface area contributed by atoms with Crippen molar-refractivity contribution in [1.82, 2.24) is 5.43 Å². The van der Waals surface area contributed by atoms with Gasteiger partial charge in [0.05, 0.1) is 18.2 Å². The molecular formula is C25H25N3O6. The van der Waals surface area contributed by atoms with E-state index in [1.807, 2.05) is 30.3 Å². The highest BCUT2D eigenvalue weighted by Crippen LogP contribution is 2.36. The zero-order valence-electron chi connectivity index (χ0n) is 19.0. The van der Waals surface area contributed by atoms with Crippen molar-refractivity contribution in [2.24, 2.45) is 5.10 Å². The Morgan fingerprint density at radius 1 is 1.12 bits per heavy atom. The molecule has 3 rings (SSSR count). The fraction of sp³-hybridized carbons (Fsp3) is 0.200. The smallest absolute Gasteiger partial charge is 0.315 e. The van der Waals surface area contributed by atoms with E-state index >= 15 is 0 Å². The fourth-order valence-corrected chi connectivity index (χ4v) is 3.33. The molecule has 3 aromatic carbocycles. The third-order valence-corrected chi connectivity index (χ3v) is 5.34. The highest BCUT2D eigenvalue weighted by molar-refractivity contribution is 5.85. The van der Waals surface area contributed by atoms with Crippen LogP contribution in [0.1, 0.15) is 30.5 Å². The Morgan fingerprint density at radius 3 is 2.38 bits per heavy atom. The molecule has 0 unspecified atom stereocenters. The third kappa shape index (κ3) is 5.69. The molecule has 0 fully saturated rings. The van der Waals surface area contributed by atoms with E-state index in [0.29, 0.717) is 5.75 Å². The van der Waals surface area contributed by atoms with Crippen LogP contribution in [0.4, 0.5) is 5.69 Å². The summed E-state index contributed by atoms with van der Waals surface area (Å²) in [5.74, 6) is -0.639. The van der Waals surface area contributed by atoms with Gasteiger partial charge >= 0.3 is 5.69 Å². The number of nitrogens with one attached hydrogen (secondary N) is 1. The van der Waals surface area contributed by atoms with E-state index in [-0.39, 0.29) is 23.3 Å². The van der Waals surface area contributed by atoms with Crippen LogP contribution in [0, 0.1) is 10.1 Å². The summed E-state index contributed by atoms with van der Waals surface area (Å²) < 4.78 is 10.4. The van der Waals surface area contributed by atoms with E-state index in [4.69, 9.17) is 9.47 Å². The normalized spacial score (nSPS) is 11.3. The molecule has 2 N–H and O–H groups in total. The van der Waals surface area contributed by atoms with Gasteiger partial charge in [0.2, 0.25) is 5.75 Å². The Labute approximate surface area is 196 Å². The number of carbonyl (C=O) groups is 1. The number of nitro groups is 1. The van der Waals surface area contributed by atoms with E-state index in [1.54, 1.807) is 12.1 Å². The van der Waals surface area contributed by atoms with Gasteiger partial charge in [0.1, 0.15) is 5.75 Å². The first-order valence-corrected chi connectivity index (χ1v) is 10.4. The third-order valence-electron chi connectivity index (χ3n) is 5.34. The number of carbonyl (C=O) groups excluding carboxylic acids is 1. The quantitative estimate of drug-likeness (QED) is 0.279. The summed E-state index contributed by atoms with van der Waals surface area (Å²) in [5.41, 5.74) is 4.14. The Hall–Kier alpha value is -4.40. The molecule has 176 valence electrons. The number of methoxy groups -OCH3 is 1. The first-order valence-electron chi connectivity index (χ1n) is 10.4. The number of hydrazone groups is 1. The van der Waals surface area contributed by atoms with Gasteiger partial charge in [0, 0.05) is 17.0 Å². The van der Waals surface area contributed by atoms with Gasteiger partial charge in [0.25, 0.3) is 5.91 Å². The summed E-state index contributed by atoms with van der Waals surface area (Å²) in [7, 11) is 1.27. The zero-order chi connectivity index (χ0) is 24.7. The molecule has 34 heavy (non-hydrogen) atoms. The van der Waals surface area contributed by atoms with Crippen LogP contribution in [0.5, 0.6) is 17.2 Å². The minimum Gasteiger partial charge on any atom is -0.500 e. The highest BCUT2D eigenvalue weighted by atomic mass is 16.6. The van der Waals surface area contributed by atoms with Crippen molar-refractivity contribution in [1.29, 1.82) is 0 Å². The number of hydrogen-bond acceptors (Lipinski definition) is 7. The SMILES string of the molecule is COc1cc(/C=N/NC(=O)COc2ccc(C(C)(C)c3ccccc3)cc2)cc([N+](=O)[O-])c1O. The Morgan fingerprint density at radius 2 is 1.76 bits per heavy atom. The average Bonchev–Trinajstić information content (AvgIpc) is 2.84. The lowest BCUT2D eigenvalue weighted by Crippen LogP contribution is -2.24. The summed E-state index contributed by atoms with van der Waals surface area (Å²) in [6.07, 6.45) is 1.20. The lowest BCUT2D eigenvalue weighted by molar-refractivity contribution is -0.386. The number of ether oxygens (including phenoxy) is 2. The maximum atomic E-state index is 12.0. The van der Waals surface area contributed by atoms with Gasteiger partial charge in [-0.05, 0) is 29.3 Å². The van der Waals surface area contributed by atoms with Crippen molar-refractivity contribution >= 4 is 17.8 Å². The first-order chi connectivity index (χ1) is 16.2. The second-order valence-electron chi connectivity index (χ2n) is 7.95. The highest BCUT2D eigenvalue weighted by Gasteiger charge is 2.23. The molecule has 0 spiro atoms. The number of phenols is 1. The van der Waals surface area contributed by atoms with Crippen LogP contribution < -0.4 is 14.9 Å². The predicted molar refractivity (Wildman–Crippen MR) is 128 cm³/mol. The Bertz CT molecular complexity index is 1190. The number of phenolic OH excluding ortho intramolecular Hbond substituents is 1. The molecule has 9 nitrogen and oxygen atoms in total. The number of nitro benzene ring substituents is 1. The van der Waals surface area contributed by atoms with E-state index in [9.17, 15) is 20.0 Å². The minimum atomic E-state index is -0.742. The standard InChI is InChI=1S/C25H25N3O6/c1-25(2,18-7-5-4-6-8-18)19-9-11-20(12-10-19)34-16-23(29)27-26-15-17-13-21(28(31)32)24(30)22(14-17)33-3/h4-15,30H,16H2,1-3H3,(H,27,29)/b26-15+. The van der Waals surface area contributed by atoms with Crippen LogP contribution in [0.25, 0.3) is 0 Å². The van der Waals surface area contributed by atoms with Crippen molar-refractivity contribution in [2.45, 2.75) is 19.3 Å². The Balaban J connectivity index is 1.57. The molecule has 0 aromatic heterocycles. The summed E-state index contributed by atoms with van der Waals surface area (Å²) in [5, 5.41) is 24.6. The van der Waals surface area contributed by atoms with E-state index in [1.165, 1.54) is 25.0 Å². The molecule has 0 radical (unpaired) electrons. The fourth-order valence-electron chi connectivity index (χ4n) is 3.33. The topological polar surface area (TPSA) is 123 Å². The van der Waals surface area contributed by atoms with Crippen LogP contribution >= 0.6 is 0 Å². The van der Waals surface area contributed by atoms with Crippen molar-refractivity contribution in [3.63, 3.8) is 0 Å². The van der Waals surface area contributed by atoms with Crippen LogP contribution in [-0.2, 0) is 10.2 Å². The largest absolute Gasteiger partial charge is 0.500 e.